The molecule has 1 heterocycles. The fraction of sp³-hybridized carbons (Fsp3) is 0.421. The Morgan fingerprint density at radius 3 is 2.72 bits per heavy atom. The minimum absolute atomic E-state index is 0.179. The summed E-state index contributed by atoms with van der Waals surface area (Å²) in [6.45, 7) is 4.10. The topological polar surface area (TPSA) is 75.3 Å². The Bertz CT molecular complexity index is 863. The minimum atomic E-state index is -3.59. The molecule has 1 aliphatic carbocycles. The van der Waals surface area contributed by atoms with E-state index in [1.807, 2.05) is 13.8 Å². The van der Waals surface area contributed by atoms with Crippen molar-refractivity contribution in [2.75, 3.05) is 11.9 Å². The number of anilines is 1. The molecule has 134 valence electrons. The standard InChI is InChI=1S/C19H24N2O3S/c1-13(2)18-16-12-15(8-9-17(16)21-19(18)22)25(23,24)20-11-10-14-6-4-3-5-7-14/h6,8-9,12,20H,3-5,7,10-11H2,1-2H3,(H,21,22). The summed E-state index contributed by atoms with van der Waals surface area (Å²) in [6, 6.07) is 4.77. The largest absolute Gasteiger partial charge is 0.321 e. The van der Waals surface area contributed by atoms with Crippen molar-refractivity contribution in [3.8, 4) is 0 Å². The van der Waals surface area contributed by atoms with Gasteiger partial charge < -0.3 is 5.32 Å². The van der Waals surface area contributed by atoms with E-state index in [1.165, 1.54) is 24.5 Å². The van der Waals surface area contributed by atoms with Crippen molar-refractivity contribution >= 4 is 27.2 Å². The van der Waals surface area contributed by atoms with Crippen molar-refractivity contribution in [3.63, 3.8) is 0 Å². The average molecular weight is 360 g/mol. The van der Waals surface area contributed by atoms with Crippen LogP contribution >= 0.6 is 0 Å². The van der Waals surface area contributed by atoms with Crippen LogP contribution in [0.2, 0.25) is 0 Å². The predicted molar refractivity (Wildman–Crippen MR) is 99.7 cm³/mol. The minimum Gasteiger partial charge on any atom is -0.321 e. The van der Waals surface area contributed by atoms with Gasteiger partial charge in [-0.15, -0.1) is 0 Å². The van der Waals surface area contributed by atoms with Gasteiger partial charge in [-0.3, -0.25) is 4.79 Å². The molecule has 0 radical (unpaired) electrons. The van der Waals surface area contributed by atoms with E-state index in [0.717, 1.165) is 24.8 Å². The first-order chi connectivity index (χ1) is 11.9. The van der Waals surface area contributed by atoms with Crippen LogP contribution in [0, 0.1) is 0 Å². The Hall–Kier alpha value is -1.92. The van der Waals surface area contributed by atoms with Gasteiger partial charge in [0.2, 0.25) is 10.0 Å². The van der Waals surface area contributed by atoms with Crippen LogP contribution in [0.25, 0.3) is 5.57 Å². The van der Waals surface area contributed by atoms with Gasteiger partial charge in [0.15, 0.2) is 0 Å². The van der Waals surface area contributed by atoms with Gasteiger partial charge in [-0.2, -0.15) is 0 Å². The van der Waals surface area contributed by atoms with E-state index in [4.69, 9.17) is 0 Å². The zero-order chi connectivity index (χ0) is 18.0. The quantitative estimate of drug-likeness (QED) is 0.622. The van der Waals surface area contributed by atoms with Crippen molar-refractivity contribution in [3.05, 3.63) is 41.0 Å². The highest BCUT2D eigenvalue weighted by Crippen LogP contribution is 2.35. The number of amides is 1. The molecule has 0 saturated carbocycles. The molecule has 1 amide bonds. The number of fused-ring (bicyclic) bond motifs is 1. The fourth-order valence-corrected chi connectivity index (χ4v) is 4.43. The highest BCUT2D eigenvalue weighted by Gasteiger charge is 2.27. The van der Waals surface area contributed by atoms with Gasteiger partial charge >= 0.3 is 0 Å². The first-order valence-electron chi connectivity index (χ1n) is 8.69. The normalized spacial score (nSPS) is 17.1. The lowest BCUT2D eigenvalue weighted by molar-refractivity contribution is -0.110. The summed E-state index contributed by atoms with van der Waals surface area (Å²) in [5.41, 5.74) is 4.07. The molecular formula is C19H24N2O3S. The summed E-state index contributed by atoms with van der Waals surface area (Å²) in [6.07, 6.45) is 7.56. The summed E-state index contributed by atoms with van der Waals surface area (Å²) in [5, 5.41) is 2.77. The Labute approximate surface area is 149 Å². The molecule has 25 heavy (non-hydrogen) atoms. The number of nitrogens with one attached hydrogen (secondary N) is 2. The number of carbonyl (C=O) groups excluding carboxylic acids is 1. The van der Waals surface area contributed by atoms with Gasteiger partial charge in [0.25, 0.3) is 5.91 Å². The highest BCUT2D eigenvalue weighted by molar-refractivity contribution is 7.89. The summed E-state index contributed by atoms with van der Waals surface area (Å²) in [7, 11) is -3.59. The molecule has 0 bridgehead atoms. The zero-order valence-corrected chi connectivity index (χ0v) is 15.5. The van der Waals surface area contributed by atoms with Crippen molar-refractivity contribution in [2.24, 2.45) is 0 Å². The number of hydrogen-bond acceptors (Lipinski definition) is 3. The molecule has 0 aromatic heterocycles. The lowest BCUT2D eigenvalue weighted by Crippen LogP contribution is -2.25. The molecule has 0 saturated heterocycles. The third-order valence-corrected chi connectivity index (χ3v) is 6.13. The molecule has 1 aromatic rings. The van der Waals surface area contributed by atoms with Crippen LogP contribution in [0.15, 0.2) is 40.3 Å². The molecule has 2 aliphatic rings. The number of hydrogen-bond donors (Lipinski definition) is 2. The number of sulfonamides is 1. The van der Waals surface area contributed by atoms with Crippen LogP contribution in [0.4, 0.5) is 5.69 Å². The second kappa shape index (κ2) is 7.14. The van der Waals surface area contributed by atoms with Crippen molar-refractivity contribution in [1.29, 1.82) is 0 Å². The predicted octanol–water partition coefficient (Wildman–Crippen LogP) is 3.60. The maximum absolute atomic E-state index is 12.6. The second-order valence-corrected chi connectivity index (χ2v) is 8.56. The number of allylic oxidation sites excluding steroid dienone is 2. The summed E-state index contributed by atoms with van der Waals surface area (Å²) in [5.74, 6) is -0.179. The maximum atomic E-state index is 12.6. The number of rotatable bonds is 5. The third kappa shape index (κ3) is 3.85. The lowest BCUT2D eigenvalue weighted by Gasteiger charge is -2.13. The van der Waals surface area contributed by atoms with E-state index in [-0.39, 0.29) is 10.8 Å². The Balaban J connectivity index is 1.76. The van der Waals surface area contributed by atoms with E-state index in [1.54, 1.807) is 12.1 Å². The Morgan fingerprint density at radius 1 is 1.24 bits per heavy atom. The Morgan fingerprint density at radius 2 is 2.04 bits per heavy atom. The third-order valence-electron chi connectivity index (χ3n) is 4.67. The smallest absolute Gasteiger partial charge is 0.256 e. The van der Waals surface area contributed by atoms with Gasteiger partial charge in [0, 0.05) is 23.4 Å². The van der Waals surface area contributed by atoms with Gasteiger partial charge in [-0.1, -0.05) is 17.2 Å². The lowest BCUT2D eigenvalue weighted by atomic mass is 9.97. The molecular weight excluding hydrogens is 336 g/mol. The summed E-state index contributed by atoms with van der Waals surface area (Å²) in [4.78, 5) is 12.2. The molecule has 1 aliphatic heterocycles. The average Bonchev–Trinajstić information content (AvgIpc) is 2.90. The molecule has 5 nitrogen and oxygen atoms in total. The second-order valence-electron chi connectivity index (χ2n) is 6.79. The monoisotopic (exact) mass is 360 g/mol. The SMILES string of the molecule is CC(C)=C1C(=O)Nc2ccc(S(=O)(=O)NCCC3=CCCCC3)cc21. The van der Waals surface area contributed by atoms with E-state index in [0.29, 0.717) is 23.4 Å². The summed E-state index contributed by atoms with van der Waals surface area (Å²) < 4.78 is 27.8. The van der Waals surface area contributed by atoms with Crippen LogP contribution in [-0.4, -0.2) is 20.9 Å². The first kappa shape index (κ1) is 17.9. The molecule has 0 atom stereocenters. The van der Waals surface area contributed by atoms with Crippen molar-refractivity contribution < 1.29 is 13.2 Å². The molecule has 0 unspecified atom stereocenters. The van der Waals surface area contributed by atoms with Crippen molar-refractivity contribution in [1.82, 2.24) is 4.72 Å². The van der Waals surface area contributed by atoms with Crippen molar-refractivity contribution in [2.45, 2.75) is 50.8 Å². The number of benzene rings is 1. The van der Waals surface area contributed by atoms with Crippen LogP contribution in [0.1, 0.15) is 51.5 Å². The molecule has 1 aromatic carbocycles. The molecule has 0 fully saturated rings. The molecule has 3 rings (SSSR count). The van der Waals surface area contributed by atoms with E-state index >= 15 is 0 Å². The van der Waals surface area contributed by atoms with E-state index in [9.17, 15) is 13.2 Å². The van der Waals surface area contributed by atoms with Gasteiger partial charge in [0.1, 0.15) is 0 Å². The van der Waals surface area contributed by atoms with Crippen LogP contribution < -0.4 is 10.0 Å². The molecule has 6 heteroatoms. The van der Waals surface area contributed by atoms with E-state index < -0.39 is 10.0 Å². The molecule has 0 spiro atoms. The first-order valence-corrected chi connectivity index (χ1v) is 10.2. The molecule has 2 N–H and O–H groups in total. The Kier molecular flexibility index (Phi) is 5.11. The van der Waals surface area contributed by atoms with Crippen LogP contribution in [0.3, 0.4) is 0 Å². The maximum Gasteiger partial charge on any atom is 0.256 e. The van der Waals surface area contributed by atoms with Gasteiger partial charge in [-0.05, 0) is 64.2 Å². The summed E-state index contributed by atoms with van der Waals surface area (Å²) >= 11 is 0. The van der Waals surface area contributed by atoms with Gasteiger partial charge in [0.05, 0.1) is 4.90 Å². The van der Waals surface area contributed by atoms with Crippen LogP contribution in [0.5, 0.6) is 0 Å². The highest BCUT2D eigenvalue weighted by atomic mass is 32.2. The van der Waals surface area contributed by atoms with Gasteiger partial charge in [-0.25, -0.2) is 13.1 Å². The fourth-order valence-electron chi connectivity index (χ4n) is 3.37. The van der Waals surface area contributed by atoms with E-state index in [2.05, 4.69) is 16.1 Å². The van der Waals surface area contributed by atoms with Crippen LogP contribution in [-0.2, 0) is 14.8 Å². The number of carbonyl (C=O) groups is 1. The zero-order valence-electron chi connectivity index (χ0n) is 14.7.